The van der Waals surface area contributed by atoms with Crippen molar-refractivity contribution in [2.24, 2.45) is 0 Å². The van der Waals surface area contributed by atoms with E-state index < -0.39 is 19.0 Å². The third kappa shape index (κ3) is 2.66. The summed E-state index contributed by atoms with van der Waals surface area (Å²) in [4.78, 5) is 0. The van der Waals surface area contributed by atoms with Crippen LogP contribution in [0.5, 0.6) is 5.75 Å². The Morgan fingerprint density at radius 2 is 2.13 bits per heavy atom. The van der Waals surface area contributed by atoms with Gasteiger partial charge in [-0.05, 0) is 22.0 Å². The fourth-order valence-corrected chi connectivity index (χ4v) is 1.94. The number of halogens is 3. The van der Waals surface area contributed by atoms with Gasteiger partial charge in [0.1, 0.15) is 5.75 Å². The van der Waals surface area contributed by atoms with Gasteiger partial charge in [-0.15, -0.1) is 0 Å². The molecule has 2 nitrogen and oxygen atoms in total. The van der Waals surface area contributed by atoms with Crippen LogP contribution < -0.4 is 4.74 Å². The van der Waals surface area contributed by atoms with Gasteiger partial charge in [-0.3, -0.25) is 0 Å². The van der Waals surface area contributed by atoms with Crippen LogP contribution in [-0.2, 0) is 5.92 Å². The Morgan fingerprint density at radius 1 is 1.47 bits per heavy atom. The molecule has 0 atom stereocenters. The van der Waals surface area contributed by atoms with Crippen LogP contribution in [0.3, 0.4) is 0 Å². The van der Waals surface area contributed by atoms with Crippen LogP contribution in [0.4, 0.5) is 8.78 Å². The van der Waals surface area contributed by atoms with Crippen LogP contribution in [0.25, 0.3) is 0 Å². The maximum absolute atomic E-state index is 13.5. The van der Waals surface area contributed by atoms with Crippen molar-refractivity contribution >= 4 is 15.9 Å². The molecular weight excluding hydrogens is 270 g/mol. The molecule has 0 spiro atoms. The molecule has 0 fully saturated rings. The lowest BCUT2D eigenvalue weighted by Crippen LogP contribution is -2.16. The second kappa shape index (κ2) is 4.90. The number of aliphatic hydroxyl groups is 1. The first kappa shape index (κ1) is 12.4. The Labute approximate surface area is 95.0 Å². The summed E-state index contributed by atoms with van der Waals surface area (Å²) in [6.45, 7) is -0.559. The minimum atomic E-state index is -3.05. The van der Waals surface area contributed by atoms with E-state index in [4.69, 9.17) is 9.84 Å². The monoisotopic (exact) mass is 280 g/mol. The number of benzene rings is 1. The predicted molar refractivity (Wildman–Crippen MR) is 56.3 cm³/mol. The molecule has 0 saturated heterocycles. The molecule has 0 aliphatic heterocycles. The Hall–Kier alpha value is -0.680. The average Bonchev–Trinajstić information content (AvgIpc) is 2.17. The molecule has 84 valence electrons. The summed E-state index contributed by atoms with van der Waals surface area (Å²) in [5.74, 6) is -2.70. The van der Waals surface area contributed by atoms with E-state index in [1.165, 1.54) is 19.2 Å². The van der Waals surface area contributed by atoms with E-state index in [0.29, 0.717) is 5.75 Å². The van der Waals surface area contributed by atoms with Crippen molar-refractivity contribution in [2.75, 3.05) is 13.7 Å². The lowest BCUT2D eigenvalue weighted by atomic mass is 10.1. The molecule has 1 rings (SSSR count). The molecule has 1 aromatic carbocycles. The van der Waals surface area contributed by atoms with Crippen LogP contribution >= 0.6 is 15.9 Å². The highest BCUT2D eigenvalue weighted by molar-refractivity contribution is 9.10. The molecule has 0 radical (unpaired) electrons. The van der Waals surface area contributed by atoms with E-state index in [1.54, 1.807) is 6.07 Å². The lowest BCUT2D eigenvalue weighted by Gasteiger charge is -2.18. The zero-order valence-electron chi connectivity index (χ0n) is 8.14. The number of methoxy groups -OCH3 is 1. The molecule has 0 saturated carbocycles. The van der Waals surface area contributed by atoms with Crippen molar-refractivity contribution in [1.82, 2.24) is 0 Å². The first-order valence-corrected chi connectivity index (χ1v) is 5.14. The summed E-state index contributed by atoms with van der Waals surface area (Å²) in [6, 6.07) is 4.38. The van der Waals surface area contributed by atoms with Crippen molar-refractivity contribution < 1.29 is 18.6 Å². The van der Waals surface area contributed by atoms with Crippen LogP contribution in [0.15, 0.2) is 22.7 Å². The van der Waals surface area contributed by atoms with E-state index >= 15 is 0 Å². The number of aliphatic hydroxyl groups excluding tert-OH is 1. The van der Waals surface area contributed by atoms with Crippen molar-refractivity contribution in [3.05, 3.63) is 28.2 Å². The van der Waals surface area contributed by atoms with Gasteiger partial charge in [0.25, 0.3) is 5.92 Å². The fourth-order valence-electron chi connectivity index (χ4n) is 1.23. The smallest absolute Gasteiger partial charge is 0.276 e. The van der Waals surface area contributed by atoms with E-state index in [2.05, 4.69) is 15.9 Å². The topological polar surface area (TPSA) is 29.5 Å². The van der Waals surface area contributed by atoms with Crippen molar-refractivity contribution in [3.63, 3.8) is 0 Å². The SMILES string of the molecule is COc1cccc(C(F)(F)CCO)c1Br. The van der Waals surface area contributed by atoms with Gasteiger partial charge in [0.2, 0.25) is 0 Å². The molecule has 5 heteroatoms. The zero-order valence-corrected chi connectivity index (χ0v) is 9.72. The van der Waals surface area contributed by atoms with Gasteiger partial charge in [0.15, 0.2) is 0 Å². The number of ether oxygens (including phenoxy) is 1. The van der Waals surface area contributed by atoms with Gasteiger partial charge >= 0.3 is 0 Å². The van der Waals surface area contributed by atoms with E-state index in [-0.39, 0.29) is 10.0 Å². The Bertz CT molecular complexity index is 342. The van der Waals surface area contributed by atoms with Crippen LogP contribution in [0, 0.1) is 0 Å². The minimum absolute atomic E-state index is 0.170. The molecule has 0 amide bonds. The number of alkyl halides is 2. The number of hydrogen-bond acceptors (Lipinski definition) is 2. The molecular formula is C10H11BrF2O2. The normalized spacial score (nSPS) is 11.5. The van der Waals surface area contributed by atoms with E-state index in [1.807, 2.05) is 0 Å². The summed E-state index contributed by atoms with van der Waals surface area (Å²) in [5, 5.41) is 8.55. The highest BCUT2D eigenvalue weighted by atomic mass is 79.9. The minimum Gasteiger partial charge on any atom is -0.496 e. The third-order valence-corrected chi connectivity index (χ3v) is 2.82. The van der Waals surface area contributed by atoms with Gasteiger partial charge in [-0.1, -0.05) is 12.1 Å². The Balaban J connectivity index is 3.14. The molecule has 0 aromatic heterocycles. The highest BCUT2D eigenvalue weighted by Gasteiger charge is 2.33. The van der Waals surface area contributed by atoms with Crippen LogP contribution in [-0.4, -0.2) is 18.8 Å². The molecule has 0 aliphatic rings. The third-order valence-electron chi connectivity index (χ3n) is 2.00. The van der Waals surface area contributed by atoms with Crippen LogP contribution in [0.1, 0.15) is 12.0 Å². The maximum Gasteiger partial charge on any atom is 0.276 e. The maximum atomic E-state index is 13.5. The molecule has 0 unspecified atom stereocenters. The van der Waals surface area contributed by atoms with Gasteiger partial charge in [0.05, 0.1) is 11.6 Å². The fraction of sp³-hybridized carbons (Fsp3) is 0.400. The summed E-state index contributed by atoms with van der Waals surface area (Å²) in [7, 11) is 1.41. The van der Waals surface area contributed by atoms with Crippen LogP contribution in [0.2, 0.25) is 0 Å². The molecule has 0 bridgehead atoms. The Kier molecular flexibility index (Phi) is 4.04. The predicted octanol–water partition coefficient (Wildman–Crippen LogP) is 2.93. The molecule has 1 aromatic rings. The van der Waals surface area contributed by atoms with Gasteiger partial charge < -0.3 is 9.84 Å². The highest BCUT2D eigenvalue weighted by Crippen LogP contribution is 2.40. The summed E-state index contributed by atoms with van der Waals surface area (Å²) < 4.78 is 32.1. The molecule has 0 aliphatic carbocycles. The summed E-state index contributed by atoms with van der Waals surface area (Å²) >= 11 is 3.06. The number of hydrogen-bond donors (Lipinski definition) is 1. The van der Waals surface area contributed by atoms with Crippen molar-refractivity contribution in [3.8, 4) is 5.75 Å². The van der Waals surface area contributed by atoms with E-state index in [9.17, 15) is 8.78 Å². The lowest BCUT2D eigenvalue weighted by molar-refractivity contribution is -0.0278. The molecule has 15 heavy (non-hydrogen) atoms. The second-order valence-corrected chi connectivity index (χ2v) is 3.79. The second-order valence-electron chi connectivity index (χ2n) is 3.00. The van der Waals surface area contributed by atoms with E-state index in [0.717, 1.165) is 0 Å². The molecule has 1 N–H and O–H groups in total. The average molecular weight is 281 g/mol. The largest absolute Gasteiger partial charge is 0.496 e. The van der Waals surface area contributed by atoms with Crippen molar-refractivity contribution in [1.29, 1.82) is 0 Å². The number of rotatable bonds is 4. The molecule has 0 heterocycles. The quantitative estimate of drug-likeness (QED) is 0.919. The van der Waals surface area contributed by atoms with Crippen molar-refractivity contribution in [2.45, 2.75) is 12.3 Å². The zero-order chi connectivity index (χ0) is 11.5. The van der Waals surface area contributed by atoms with Gasteiger partial charge in [-0.2, -0.15) is 0 Å². The van der Waals surface area contributed by atoms with Gasteiger partial charge in [0, 0.05) is 18.6 Å². The first-order chi connectivity index (χ1) is 7.03. The Morgan fingerprint density at radius 3 is 2.67 bits per heavy atom. The standard InChI is InChI=1S/C10H11BrF2O2/c1-15-8-4-2-3-7(9(8)11)10(12,13)5-6-14/h2-4,14H,5-6H2,1H3. The summed E-state index contributed by atoms with van der Waals surface area (Å²) in [6.07, 6.45) is -0.598. The first-order valence-electron chi connectivity index (χ1n) is 4.34. The summed E-state index contributed by atoms with van der Waals surface area (Å²) in [5.41, 5.74) is -0.170. The van der Waals surface area contributed by atoms with Gasteiger partial charge in [-0.25, -0.2) is 8.78 Å².